The van der Waals surface area contributed by atoms with E-state index in [9.17, 15) is 28.3 Å². The topological polar surface area (TPSA) is 134 Å². The normalized spacial score (nSPS) is 21.2. The van der Waals surface area contributed by atoms with E-state index in [0.29, 0.717) is 30.8 Å². The number of likely N-dealkylation sites (tertiary alicyclic amines) is 1. The second-order valence-electron chi connectivity index (χ2n) is 13.6. The number of amides is 3. The highest BCUT2D eigenvalue weighted by Crippen LogP contribution is 2.48. The fourth-order valence-corrected chi connectivity index (χ4v) is 6.74. The molecule has 3 heterocycles. The van der Waals surface area contributed by atoms with Crippen LogP contribution in [-0.2, 0) is 20.8 Å². The van der Waals surface area contributed by atoms with Crippen molar-refractivity contribution in [1.82, 2.24) is 24.9 Å². The summed E-state index contributed by atoms with van der Waals surface area (Å²) in [5.41, 5.74) is 8.12. The predicted molar refractivity (Wildman–Crippen MR) is 176 cm³/mol. The third-order valence-electron chi connectivity index (χ3n) is 9.60. The van der Waals surface area contributed by atoms with Crippen LogP contribution in [0.3, 0.4) is 0 Å². The molecule has 0 aliphatic carbocycles. The highest BCUT2D eigenvalue weighted by Gasteiger charge is 2.47. The number of carbonyl (C=O) groups excluding carboxylic acids is 3. The third kappa shape index (κ3) is 7.05. The van der Waals surface area contributed by atoms with Crippen molar-refractivity contribution in [3.8, 4) is 5.69 Å². The number of aliphatic hydroxyl groups is 1. The molecule has 5 rings (SSSR count). The molecule has 4 N–H and O–H groups in total. The van der Waals surface area contributed by atoms with Crippen molar-refractivity contribution < 1.29 is 28.3 Å². The Labute approximate surface area is 279 Å². The summed E-state index contributed by atoms with van der Waals surface area (Å²) in [7, 11) is 0. The van der Waals surface area contributed by atoms with Crippen LogP contribution < -0.4 is 11.1 Å². The van der Waals surface area contributed by atoms with Crippen molar-refractivity contribution in [2.24, 2.45) is 16.6 Å². The fraction of sp³-hybridized carbons (Fsp3) is 0.444. The van der Waals surface area contributed by atoms with E-state index >= 15 is 0 Å². The smallest absolute Gasteiger partial charge is 0.237 e. The van der Waals surface area contributed by atoms with Crippen molar-refractivity contribution >= 4 is 17.7 Å². The molecular formula is C36H44F2N6O4. The Bertz CT molecular complexity index is 1710. The highest BCUT2D eigenvalue weighted by atomic mass is 19.1. The molecule has 12 heteroatoms. The molecule has 0 spiro atoms. The molecule has 256 valence electrons. The number of hydrogen-bond donors (Lipinski definition) is 3. The summed E-state index contributed by atoms with van der Waals surface area (Å²) in [6.45, 7) is 7.86. The summed E-state index contributed by atoms with van der Waals surface area (Å²) in [5, 5.41) is 18.0. The molecule has 0 bridgehead atoms. The van der Waals surface area contributed by atoms with Gasteiger partial charge in [-0.05, 0) is 30.5 Å². The van der Waals surface area contributed by atoms with E-state index in [-0.39, 0.29) is 50.0 Å². The maximum absolute atomic E-state index is 14.9. The first-order valence-corrected chi connectivity index (χ1v) is 16.3. The summed E-state index contributed by atoms with van der Waals surface area (Å²) in [6.07, 6.45) is 5.09. The lowest BCUT2D eigenvalue weighted by Gasteiger charge is -2.36. The monoisotopic (exact) mass is 662 g/mol. The lowest BCUT2D eigenvalue weighted by atomic mass is 9.82. The molecule has 3 aromatic rings. The first-order chi connectivity index (χ1) is 22.8. The lowest BCUT2D eigenvalue weighted by Crippen LogP contribution is -2.46. The number of nitrogens with one attached hydrogen (secondary N) is 1. The molecule has 2 aliphatic rings. The molecule has 2 aromatic carbocycles. The molecule has 3 unspecified atom stereocenters. The molecule has 0 radical (unpaired) electrons. The van der Waals surface area contributed by atoms with Crippen molar-refractivity contribution in [1.29, 1.82) is 0 Å². The van der Waals surface area contributed by atoms with Crippen LogP contribution in [0.25, 0.3) is 5.69 Å². The van der Waals surface area contributed by atoms with Gasteiger partial charge >= 0.3 is 0 Å². The molecule has 1 fully saturated rings. The first-order valence-electron chi connectivity index (χ1n) is 16.3. The molecule has 3 amide bonds. The lowest BCUT2D eigenvalue weighted by molar-refractivity contribution is -0.141. The van der Waals surface area contributed by atoms with E-state index in [2.05, 4.69) is 5.32 Å². The minimum absolute atomic E-state index is 0.0244. The Morgan fingerprint density at radius 3 is 2.52 bits per heavy atom. The number of carbonyl (C=O) groups is 3. The molecule has 3 atom stereocenters. The average molecular weight is 663 g/mol. The van der Waals surface area contributed by atoms with Gasteiger partial charge in [0.2, 0.25) is 17.7 Å². The summed E-state index contributed by atoms with van der Waals surface area (Å²) in [4.78, 5) is 41.3. The van der Waals surface area contributed by atoms with Gasteiger partial charge in [0.1, 0.15) is 17.3 Å². The van der Waals surface area contributed by atoms with Crippen LogP contribution in [0.1, 0.15) is 69.8 Å². The van der Waals surface area contributed by atoms with Gasteiger partial charge in [-0.25, -0.2) is 13.5 Å². The number of benzene rings is 2. The second kappa shape index (κ2) is 14.0. The number of halogens is 2. The number of aliphatic hydroxyl groups excluding tert-OH is 1. The third-order valence-corrected chi connectivity index (χ3v) is 9.60. The van der Waals surface area contributed by atoms with Crippen LogP contribution >= 0.6 is 0 Å². The van der Waals surface area contributed by atoms with E-state index in [1.54, 1.807) is 13.1 Å². The maximum atomic E-state index is 14.9. The van der Waals surface area contributed by atoms with E-state index < -0.39 is 40.5 Å². The summed E-state index contributed by atoms with van der Waals surface area (Å²) < 4.78 is 30.5. The average Bonchev–Trinajstić information content (AvgIpc) is 3.65. The second-order valence-corrected chi connectivity index (χ2v) is 13.6. The van der Waals surface area contributed by atoms with Gasteiger partial charge in [-0.2, -0.15) is 5.10 Å². The standard InChI is InChI=1S/C36H44F2N6O4/c1-5-36(4)20-30(46)43(34(36)48)16-14-40-33(47)28(39)13-15-42-26(22-45)19-35(2,3)32(42)31-24(17-23-9-7-6-8-10-23)21-44(41-31)29-18-25(37)11-12-27(29)38/h6-12,18-19,21,28,32,45H,5,13-17,20,22,39H2,1-4H3,(H,40,47). The number of nitrogens with zero attached hydrogens (tertiary/aromatic N) is 4. The zero-order chi connectivity index (χ0) is 34.8. The molecule has 0 saturated carbocycles. The number of nitrogens with two attached hydrogens (primary N) is 1. The Hall–Kier alpha value is -4.42. The van der Waals surface area contributed by atoms with Gasteiger partial charge in [-0.3, -0.25) is 19.3 Å². The van der Waals surface area contributed by atoms with Crippen LogP contribution in [0.15, 0.2) is 66.5 Å². The van der Waals surface area contributed by atoms with Gasteiger partial charge in [0.25, 0.3) is 0 Å². The van der Waals surface area contributed by atoms with Crippen LogP contribution in [0.2, 0.25) is 0 Å². The molecular weight excluding hydrogens is 618 g/mol. The number of aromatic nitrogens is 2. The van der Waals surface area contributed by atoms with Crippen LogP contribution in [0.5, 0.6) is 0 Å². The molecule has 48 heavy (non-hydrogen) atoms. The van der Waals surface area contributed by atoms with Crippen LogP contribution in [0.4, 0.5) is 8.78 Å². The molecule has 2 aliphatic heterocycles. The van der Waals surface area contributed by atoms with Gasteiger partial charge in [0.15, 0.2) is 0 Å². The minimum atomic E-state index is -0.914. The number of rotatable bonds is 13. The predicted octanol–water partition coefficient (Wildman–Crippen LogP) is 4.01. The van der Waals surface area contributed by atoms with E-state index in [1.165, 1.54) is 9.58 Å². The summed E-state index contributed by atoms with van der Waals surface area (Å²) in [6, 6.07) is 11.6. The molecule has 1 saturated heterocycles. The van der Waals surface area contributed by atoms with E-state index in [1.807, 2.05) is 62.1 Å². The highest BCUT2D eigenvalue weighted by molar-refractivity contribution is 6.05. The number of hydrogen-bond acceptors (Lipinski definition) is 7. The van der Waals surface area contributed by atoms with Crippen LogP contribution in [0, 0.1) is 22.5 Å². The first kappa shape index (κ1) is 34.9. The maximum Gasteiger partial charge on any atom is 0.237 e. The van der Waals surface area contributed by atoms with Crippen molar-refractivity contribution in [2.45, 2.75) is 65.5 Å². The SMILES string of the molecule is CCC1(C)CC(=O)N(CCNC(=O)C(N)CCN2C(CO)=CC(C)(C)C2c2nn(-c3cc(F)ccc3F)cc2Cc2ccccc2)C1=O. The summed E-state index contributed by atoms with van der Waals surface area (Å²) >= 11 is 0. The van der Waals surface area contributed by atoms with Crippen molar-refractivity contribution in [2.75, 3.05) is 26.2 Å². The Morgan fingerprint density at radius 1 is 1.12 bits per heavy atom. The fourth-order valence-electron chi connectivity index (χ4n) is 6.74. The number of imide groups is 1. The summed E-state index contributed by atoms with van der Waals surface area (Å²) in [5.74, 6) is -2.11. The van der Waals surface area contributed by atoms with Crippen molar-refractivity contribution in [3.05, 3.63) is 95.0 Å². The Balaban J connectivity index is 1.35. The van der Waals surface area contributed by atoms with Gasteiger partial charge in [-0.1, -0.05) is 64.1 Å². The van der Waals surface area contributed by atoms with Gasteiger partial charge < -0.3 is 21.1 Å². The Morgan fingerprint density at radius 2 is 1.85 bits per heavy atom. The molecule has 1 aromatic heterocycles. The zero-order valence-electron chi connectivity index (χ0n) is 27.9. The zero-order valence-corrected chi connectivity index (χ0v) is 27.9. The Kier molecular flexibility index (Phi) is 10.2. The van der Waals surface area contributed by atoms with E-state index in [0.717, 1.165) is 29.3 Å². The quantitative estimate of drug-likeness (QED) is 0.236. The molecule has 10 nitrogen and oxygen atoms in total. The van der Waals surface area contributed by atoms with Gasteiger partial charge in [0.05, 0.1) is 29.8 Å². The van der Waals surface area contributed by atoms with Crippen molar-refractivity contribution in [3.63, 3.8) is 0 Å². The van der Waals surface area contributed by atoms with Gasteiger partial charge in [0, 0.05) is 61.4 Å². The largest absolute Gasteiger partial charge is 0.390 e. The van der Waals surface area contributed by atoms with Crippen LogP contribution in [-0.4, -0.2) is 74.7 Å². The minimum Gasteiger partial charge on any atom is -0.390 e. The van der Waals surface area contributed by atoms with E-state index in [4.69, 9.17) is 10.8 Å². The van der Waals surface area contributed by atoms with Gasteiger partial charge in [-0.15, -0.1) is 0 Å².